The van der Waals surface area contributed by atoms with Crippen LogP contribution in [0, 0.1) is 6.92 Å². The molecule has 0 aliphatic carbocycles. The number of benzene rings is 2. The second-order valence-electron chi connectivity index (χ2n) is 5.46. The molecule has 0 saturated heterocycles. The Hall–Kier alpha value is -2.35. The van der Waals surface area contributed by atoms with Crippen molar-refractivity contribution in [3.8, 4) is 0 Å². The lowest BCUT2D eigenvalue weighted by molar-refractivity contribution is 0.0978. The molecular formula is C19H19NO. The molecule has 0 spiro atoms. The van der Waals surface area contributed by atoms with Crippen LogP contribution in [-0.2, 0) is 6.54 Å². The molecule has 3 aromatic rings. The molecule has 2 nitrogen and oxygen atoms in total. The SMILES string of the molecule is Cc1ccc2c(ccn2CCCC(=O)c2ccccc2)c1. The Bertz CT molecular complexity index is 756. The molecule has 0 bridgehead atoms. The van der Waals surface area contributed by atoms with Crippen molar-refractivity contribution in [1.82, 2.24) is 4.57 Å². The zero-order chi connectivity index (χ0) is 14.7. The highest BCUT2D eigenvalue weighted by molar-refractivity contribution is 5.95. The third-order valence-corrected chi connectivity index (χ3v) is 3.83. The van der Waals surface area contributed by atoms with E-state index in [-0.39, 0.29) is 5.78 Å². The topological polar surface area (TPSA) is 22.0 Å². The molecule has 0 saturated carbocycles. The fourth-order valence-electron chi connectivity index (χ4n) is 2.69. The minimum Gasteiger partial charge on any atom is -0.347 e. The predicted octanol–water partition coefficient (Wildman–Crippen LogP) is 4.61. The van der Waals surface area contributed by atoms with Crippen molar-refractivity contribution >= 4 is 16.7 Å². The third-order valence-electron chi connectivity index (χ3n) is 3.83. The van der Waals surface area contributed by atoms with Gasteiger partial charge in [-0.15, -0.1) is 0 Å². The smallest absolute Gasteiger partial charge is 0.162 e. The summed E-state index contributed by atoms with van der Waals surface area (Å²) in [5.41, 5.74) is 3.33. The first-order chi connectivity index (χ1) is 10.2. The number of fused-ring (bicyclic) bond motifs is 1. The summed E-state index contributed by atoms with van der Waals surface area (Å²) in [6.45, 7) is 2.99. The average Bonchev–Trinajstić information content (AvgIpc) is 2.90. The van der Waals surface area contributed by atoms with Crippen LogP contribution in [0.3, 0.4) is 0 Å². The van der Waals surface area contributed by atoms with Crippen LogP contribution in [-0.4, -0.2) is 10.4 Å². The highest BCUT2D eigenvalue weighted by Crippen LogP contribution is 2.18. The van der Waals surface area contributed by atoms with Crippen LogP contribution >= 0.6 is 0 Å². The molecule has 2 aromatic carbocycles. The Morgan fingerprint density at radius 3 is 2.67 bits per heavy atom. The summed E-state index contributed by atoms with van der Waals surface area (Å²) in [4.78, 5) is 12.1. The van der Waals surface area contributed by atoms with Crippen molar-refractivity contribution in [3.05, 3.63) is 71.9 Å². The first-order valence-corrected chi connectivity index (χ1v) is 7.38. The second kappa shape index (κ2) is 5.96. The fraction of sp³-hybridized carbons (Fsp3) is 0.211. The van der Waals surface area contributed by atoms with E-state index in [0.29, 0.717) is 6.42 Å². The Balaban J connectivity index is 1.63. The van der Waals surface area contributed by atoms with Crippen LogP contribution in [0.5, 0.6) is 0 Å². The van der Waals surface area contributed by atoms with Gasteiger partial charge in [-0.25, -0.2) is 0 Å². The number of ketones is 1. The van der Waals surface area contributed by atoms with Crippen LogP contribution < -0.4 is 0 Å². The van der Waals surface area contributed by atoms with E-state index in [1.165, 1.54) is 16.5 Å². The van der Waals surface area contributed by atoms with Crippen LogP contribution in [0.25, 0.3) is 10.9 Å². The van der Waals surface area contributed by atoms with E-state index in [1.807, 2.05) is 30.3 Å². The molecule has 106 valence electrons. The van der Waals surface area contributed by atoms with Crippen LogP contribution in [0.15, 0.2) is 60.8 Å². The molecule has 0 aliphatic rings. The maximum Gasteiger partial charge on any atom is 0.162 e. The Kier molecular flexibility index (Phi) is 3.87. The predicted molar refractivity (Wildman–Crippen MR) is 86.7 cm³/mol. The number of aromatic nitrogens is 1. The summed E-state index contributed by atoms with van der Waals surface area (Å²) in [6.07, 6.45) is 3.57. The van der Waals surface area contributed by atoms with E-state index in [9.17, 15) is 4.79 Å². The quantitative estimate of drug-likeness (QED) is 0.624. The molecule has 1 aromatic heterocycles. The average molecular weight is 277 g/mol. The highest BCUT2D eigenvalue weighted by atomic mass is 16.1. The number of carbonyl (C=O) groups is 1. The number of carbonyl (C=O) groups excluding carboxylic acids is 1. The van der Waals surface area contributed by atoms with E-state index < -0.39 is 0 Å². The van der Waals surface area contributed by atoms with E-state index in [2.05, 4.69) is 42.0 Å². The monoisotopic (exact) mass is 277 g/mol. The van der Waals surface area contributed by atoms with Crippen LogP contribution in [0.2, 0.25) is 0 Å². The minimum atomic E-state index is 0.225. The Labute approximate surface area is 125 Å². The Morgan fingerprint density at radius 1 is 1.05 bits per heavy atom. The first kappa shape index (κ1) is 13.6. The number of hydrogen-bond acceptors (Lipinski definition) is 1. The van der Waals surface area contributed by atoms with Crippen LogP contribution in [0.4, 0.5) is 0 Å². The van der Waals surface area contributed by atoms with Gasteiger partial charge in [0.05, 0.1) is 0 Å². The summed E-state index contributed by atoms with van der Waals surface area (Å²) in [7, 11) is 0. The van der Waals surface area contributed by atoms with Gasteiger partial charge >= 0.3 is 0 Å². The van der Waals surface area contributed by atoms with Crippen LogP contribution in [0.1, 0.15) is 28.8 Å². The zero-order valence-corrected chi connectivity index (χ0v) is 12.3. The summed E-state index contributed by atoms with van der Waals surface area (Å²) < 4.78 is 2.23. The molecule has 0 N–H and O–H groups in total. The maximum atomic E-state index is 12.1. The van der Waals surface area contributed by atoms with Crippen molar-refractivity contribution in [1.29, 1.82) is 0 Å². The van der Waals surface area contributed by atoms with E-state index in [1.54, 1.807) is 0 Å². The van der Waals surface area contributed by atoms with Gasteiger partial charge in [0.2, 0.25) is 0 Å². The second-order valence-corrected chi connectivity index (χ2v) is 5.46. The molecule has 0 aliphatic heterocycles. The number of nitrogens with zero attached hydrogens (tertiary/aromatic N) is 1. The maximum absolute atomic E-state index is 12.1. The zero-order valence-electron chi connectivity index (χ0n) is 12.3. The van der Waals surface area contributed by atoms with Gasteiger partial charge in [-0.2, -0.15) is 0 Å². The lowest BCUT2D eigenvalue weighted by Crippen LogP contribution is -2.02. The van der Waals surface area contributed by atoms with Crippen molar-refractivity contribution in [2.24, 2.45) is 0 Å². The molecule has 2 heteroatoms. The largest absolute Gasteiger partial charge is 0.347 e. The first-order valence-electron chi connectivity index (χ1n) is 7.38. The molecule has 0 atom stereocenters. The molecule has 0 radical (unpaired) electrons. The normalized spacial score (nSPS) is 10.9. The molecule has 21 heavy (non-hydrogen) atoms. The molecule has 3 rings (SSSR count). The molecule has 0 amide bonds. The van der Waals surface area contributed by atoms with Gasteiger partial charge in [-0.1, -0.05) is 42.0 Å². The summed E-state index contributed by atoms with van der Waals surface area (Å²) in [5, 5.41) is 1.27. The van der Waals surface area contributed by atoms with Gasteiger partial charge in [0, 0.05) is 30.2 Å². The molecular weight excluding hydrogens is 258 g/mol. The summed E-state index contributed by atoms with van der Waals surface area (Å²) >= 11 is 0. The number of hydrogen-bond donors (Lipinski definition) is 0. The number of Topliss-reactive ketones (excluding diaryl/α,β-unsaturated/α-hetero) is 1. The lowest BCUT2D eigenvalue weighted by Gasteiger charge is -2.06. The van der Waals surface area contributed by atoms with Crippen molar-refractivity contribution in [3.63, 3.8) is 0 Å². The summed E-state index contributed by atoms with van der Waals surface area (Å²) in [5.74, 6) is 0.225. The standard InChI is InChI=1S/C19H19NO/c1-15-9-10-18-17(14-15)11-13-20(18)12-5-8-19(21)16-6-3-2-4-7-16/h2-4,6-7,9-11,13-14H,5,8,12H2,1H3. The van der Waals surface area contributed by atoms with Gasteiger partial charge in [-0.05, 0) is 36.9 Å². The fourth-order valence-corrected chi connectivity index (χ4v) is 2.69. The van der Waals surface area contributed by atoms with Gasteiger partial charge in [0.25, 0.3) is 0 Å². The highest BCUT2D eigenvalue weighted by Gasteiger charge is 2.06. The number of rotatable bonds is 5. The van der Waals surface area contributed by atoms with E-state index in [0.717, 1.165) is 18.5 Å². The molecule has 0 fully saturated rings. The van der Waals surface area contributed by atoms with Gasteiger partial charge in [0.1, 0.15) is 0 Å². The van der Waals surface area contributed by atoms with E-state index >= 15 is 0 Å². The summed E-state index contributed by atoms with van der Waals surface area (Å²) in [6, 6.07) is 18.2. The Morgan fingerprint density at radius 2 is 1.86 bits per heavy atom. The number of aryl methyl sites for hydroxylation is 2. The molecule has 1 heterocycles. The molecule has 0 unspecified atom stereocenters. The minimum absolute atomic E-state index is 0.225. The van der Waals surface area contributed by atoms with Gasteiger partial charge < -0.3 is 4.57 Å². The van der Waals surface area contributed by atoms with Gasteiger partial charge in [0.15, 0.2) is 5.78 Å². The van der Waals surface area contributed by atoms with Crippen molar-refractivity contribution in [2.45, 2.75) is 26.3 Å². The van der Waals surface area contributed by atoms with Gasteiger partial charge in [-0.3, -0.25) is 4.79 Å². The van der Waals surface area contributed by atoms with E-state index in [4.69, 9.17) is 0 Å². The third kappa shape index (κ3) is 3.05. The van der Waals surface area contributed by atoms with Crippen molar-refractivity contribution in [2.75, 3.05) is 0 Å². The lowest BCUT2D eigenvalue weighted by atomic mass is 10.1. The van der Waals surface area contributed by atoms with Crippen molar-refractivity contribution < 1.29 is 4.79 Å².